The highest BCUT2D eigenvalue weighted by atomic mass is 16.5. The van der Waals surface area contributed by atoms with E-state index in [9.17, 15) is 14.7 Å². The third kappa shape index (κ3) is 2.82. The highest BCUT2D eigenvalue weighted by Gasteiger charge is 2.16. The molecule has 0 aliphatic carbocycles. The highest BCUT2D eigenvalue weighted by Crippen LogP contribution is 2.03. The summed E-state index contributed by atoms with van der Waals surface area (Å²) in [6, 6.07) is 0. The van der Waals surface area contributed by atoms with Crippen molar-refractivity contribution in [3.05, 3.63) is 16.6 Å². The summed E-state index contributed by atoms with van der Waals surface area (Å²) in [7, 11) is 1.65. The Morgan fingerprint density at radius 2 is 2.30 bits per heavy atom. The van der Waals surface area contributed by atoms with Crippen molar-refractivity contribution < 1.29 is 14.6 Å². The molecule has 1 unspecified atom stereocenters. The summed E-state index contributed by atoms with van der Waals surface area (Å²) < 4.78 is 7.16. The van der Waals surface area contributed by atoms with Crippen LogP contribution in [0, 0.1) is 0 Å². The van der Waals surface area contributed by atoms with E-state index < -0.39 is 17.6 Å². The number of aliphatic hydroxyl groups excluding tert-OH is 1. The van der Waals surface area contributed by atoms with E-state index >= 15 is 0 Å². The second kappa shape index (κ2) is 5.78. The molecule has 2 rings (SSSR count). The summed E-state index contributed by atoms with van der Waals surface area (Å²) >= 11 is 0. The summed E-state index contributed by atoms with van der Waals surface area (Å²) in [5.74, 6) is -0.525. The summed E-state index contributed by atoms with van der Waals surface area (Å²) in [5.41, 5.74) is -0.0443. The van der Waals surface area contributed by atoms with Crippen molar-refractivity contribution in [3.63, 3.8) is 0 Å². The molecule has 2 aromatic rings. The van der Waals surface area contributed by atoms with Gasteiger partial charge in [0.05, 0.1) is 31.9 Å². The van der Waals surface area contributed by atoms with E-state index in [0.29, 0.717) is 11.0 Å². The van der Waals surface area contributed by atoms with E-state index in [1.165, 1.54) is 10.9 Å². The average molecular weight is 281 g/mol. The minimum atomic E-state index is -1.06. The standard InChI is InChI=1S/C11H15N5O4/c1-3-20-9(18)4-7(17)6-16-11(19)8-5-12-15(2)10(8)13-14-16/h5,7,17H,3-4,6H2,1-2H3. The average Bonchev–Trinajstić information content (AvgIpc) is 2.75. The molecule has 0 bridgehead atoms. The van der Waals surface area contributed by atoms with Crippen LogP contribution in [-0.4, -0.2) is 48.6 Å². The van der Waals surface area contributed by atoms with Crippen LogP contribution in [0.4, 0.5) is 0 Å². The molecule has 0 fully saturated rings. The Morgan fingerprint density at radius 1 is 1.55 bits per heavy atom. The maximum atomic E-state index is 12.1. The Morgan fingerprint density at radius 3 is 3.00 bits per heavy atom. The number of aliphatic hydroxyl groups is 1. The molecule has 20 heavy (non-hydrogen) atoms. The van der Waals surface area contributed by atoms with Gasteiger partial charge in [-0.2, -0.15) is 5.10 Å². The molecule has 0 spiro atoms. The van der Waals surface area contributed by atoms with Crippen molar-refractivity contribution in [2.45, 2.75) is 26.0 Å². The molecular formula is C11H15N5O4. The first-order valence-electron chi connectivity index (χ1n) is 6.12. The van der Waals surface area contributed by atoms with Crippen LogP contribution in [0.3, 0.4) is 0 Å². The van der Waals surface area contributed by atoms with E-state index in [1.54, 1.807) is 14.0 Å². The van der Waals surface area contributed by atoms with E-state index in [2.05, 4.69) is 15.4 Å². The van der Waals surface area contributed by atoms with Crippen molar-refractivity contribution in [2.24, 2.45) is 7.05 Å². The highest BCUT2D eigenvalue weighted by molar-refractivity contribution is 5.72. The van der Waals surface area contributed by atoms with E-state index in [0.717, 1.165) is 4.68 Å². The van der Waals surface area contributed by atoms with Crippen molar-refractivity contribution >= 4 is 17.0 Å². The Labute approximate surface area is 113 Å². The molecule has 1 N–H and O–H groups in total. The number of fused-ring (bicyclic) bond motifs is 1. The predicted octanol–water partition coefficient (Wildman–Crippen LogP) is -1.16. The van der Waals surface area contributed by atoms with Gasteiger partial charge in [-0.3, -0.25) is 9.59 Å². The third-order valence-corrected chi connectivity index (χ3v) is 2.71. The van der Waals surface area contributed by atoms with Gasteiger partial charge in [-0.05, 0) is 6.92 Å². The van der Waals surface area contributed by atoms with Gasteiger partial charge in [-0.15, -0.1) is 5.10 Å². The summed E-state index contributed by atoms with van der Waals surface area (Å²) in [4.78, 5) is 23.3. The fourth-order valence-electron chi connectivity index (χ4n) is 1.77. The van der Waals surface area contributed by atoms with Gasteiger partial charge >= 0.3 is 5.97 Å². The van der Waals surface area contributed by atoms with Gasteiger partial charge < -0.3 is 9.84 Å². The topological polar surface area (TPSA) is 112 Å². The van der Waals surface area contributed by atoms with Gasteiger partial charge in [0.1, 0.15) is 5.39 Å². The Bertz CT molecular complexity index is 677. The lowest BCUT2D eigenvalue weighted by molar-refractivity contribution is -0.145. The van der Waals surface area contributed by atoms with Gasteiger partial charge in [-0.25, -0.2) is 9.36 Å². The first kappa shape index (κ1) is 14.1. The molecule has 9 heteroatoms. The summed E-state index contributed by atoms with van der Waals surface area (Å²) in [5, 5.41) is 21.5. The minimum Gasteiger partial charge on any atom is -0.466 e. The molecule has 0 amide bonds. The lowest BCUT2D eigenvalue weighted by Gasteiger charge is -2.10. The number of rotatable bonds is 5. The van der Waals surface area contributed by atoms with Crippen LogP contribution >= 0.6 is 0 Å². The van der Waals surface area contributed by atoms with Crippen LogP contribution in [0.25, 0.3) is 11.0 Å². The van der Waals surface area contributed by atoms with Crippen LogP contribution < -0.4 is 5.56 Å². The van der Waals surface area contributed by atoms with Crippen LogP contribution in [0.1, 0.15) is 13.3 Å². The zero-order valence-corrected chi connectivity index (χ0v) is 11.2. The molecule has 0 radical (unpaired) electrons. The van der Waals surface area contributed by atoms with E-state index in [1.807, 2.05) is 0 Å². The number of hydrogen-bond donors (Lipinski definition) is 1. The second-order valence-electron chi connectivity index (χ2n) is 4.25. The molecule has 0 aromatic carbocycles. The van der Waals surface area contributed by atoms with Gasteiger partial charge in [0.2, 0.25) is 0 Å². The summed E-state index contributed by atoms with van der Waals surface area (Å²) in [6.07, 6.45) is 0.128. The minimum absolute atomic E-state index is 0.129. The van der Waals surface area contributed by atoms with Crippen molar-refractivity contribution in [2.75, 3.05) is 6.61 Å². The van der Waals surface area contributed by atoms with Gasteiger partial charge in [0, 0.05) is 7.05 Å². The molecule has 2 aromatic heterocycles. The quantitative estimate of drug-likeness (QED) is 0.688. The molecule has 0 aliphatic rings. The number of hydrogen-bond acceptors (Lipinski definition) is 7. The Balaban J connectivity index is 2.16. The van der Waals surface area contributed by atoms with Gasteiger partial charge in [0.25, 0.3) is 5.56 Å². The number of aromatic nitrogens is 5. The maximum absolute atomic E-state index is 12.1. The molecular weight excluding hydrogens is 266 g/mol. The van der Waals surface area contributed by atoms with Crippen LogP contribution in [0.5, 0.6) is 0 Å². The Hall–Kier alpha value is -2.29. The van der Waals surface area contributed by atoms with Crippen LogP contribution in [0.15, 0.2) is 11.0 Å². The smallest absolute Gasteiger partial charge is 0.308 e. The van der Waals surface area contributed by atoms with Crippen molar-refractivity contribution in [1.82, 2.24) is 24.8 Å². The van der Waals surface area contributed by atoms with Crippen LogP contribution in [-0.2, 0) is 23.1 Å². The largest absolute Gasteiger partial charge is 0.466 e. The number of carbonyl (C=O) groups is 1. The predicted molar refractivity (Wildman–Crippen MR) is 67.8 cm³/mol. The zero-order valence-electron chi connectivity index (χ0n) is 11.2. The molecule has 1 atom stereocenters. The van der Waals surface area contributed by atoms with Crippen molar-refractivity contribution in [1.29, 1.82) is 0 Å². The lowest BCUT2D eigenvalue weighted by atomic mass is 10.2. The number of nitrogens with zero attached hydrogens (tertiary/aromatic N) is 5. The fourth-order valence-corrected chi connectivity index (χ4v) is 1.77. The molecule has 0 saturated carbocycles. The maximum Gasteiger partial charge on any atom is 0.308 e. The van der Waals surface area contributed by atoms with Gasteiger partial charge in [0.15, 0.2) is 5.65 Å². The first-order valence-corrected chi connectivity index (χ1v) is 6.12. The number of ether oxygens (including phenoxy) is 1. The number of aryl methyl sites for hydroxylation is 1. The number of carbonyl (C=O) groups excluding carboxylic acids is 1. The molecule has 0 saturated heterocycles. The molecule has 9 nitrogen and oxygen atoms in total. The molecule has 0 aliphatic heterocycles. The normalized spacial score (nSPS) is 12.6. The third-order valence-electron chi connectivity index (χ3n) is 2.71. The number of esters is 1. The monoisotopic (exact) mass is 281 g/mol. The van der Waals surface area contributed by atoms with Gasteiger partial charge in [-0.1, -0.05) is 5.21 Å². The molecule has 108 valence electrons. The van der Waals surface area contributed by atoms with Crippen molar-refractivity contribution in [3.8, 4) is 0 Å². The summed E-state index contributed by atoms with van der Waals surface area (Å²) in [6.45, 7) is 1.79. The first-order chi connectivity index (χ1) is 9.52. The second-order valence-corrected chi connectivity index (χ2v) is 4.25. The van der Waals surface area contributed by atoms with E-state index in [-0.39, 0.29) is 19.6 Å². The molecule has 2 heterocycles. The Kier molecular flexibility index (Phi) is 4.08. The zero-order chi connectivity index (χ0) is 14.7. The van der Waals surface area contributed by atoms with E-state index in [4.69, 9.17) is 4.74 Å². The SMILES string of the molecule is CCOC(=O)CC(O)Cn1nnc2c(cnn2C)c1=O. The fraction of sp³-hybridized carbons (Fsp3) is 0.545. The van der Waals surface area contributed by atoms with Crippen LogP contribution in [0.2, 0.25) is 0 Å². The lowest BCUT2D eigenvalue weighted by Crippen LogP contribution is -2.31.